The van der Waals surface area contributed by atoms with Gasteiger partial charge in [-0.15, -0.1) is 11.3 Å². The molecule has 5 heteroatoms. The lowest BCUT2D eigenvalue weighted by Crippen LogP contribution is -2.13. The van der Waals surface area contributed by atoms with Gasteiger partial charge in [-0.05, 0) is 35.6 Å². The molecule has 0 radical (unpaired) electrons. The van der Waals surface area contributed by atoms with Crippen molar-refractivity contribution in [2.24, 2.45) is 0 Å². The minimum atomic E-state index is -0.860. The molecule has 3 nitrogen and oxygen atoms in total. The fourth-order valence-corrected chi connectivity index (χ4v) is 2.74. The van der Waals surface area contributed by atoms with Gasteiger partial charge in [-0.25, -0.2) is 0 Å². The number of phenols is 1. The molecule has 1 aromatic heterocycles. The summed E-state index contributed by atoms with van der Waals surface area (Å²) in [5.41, 5.74) is 0.790. The molecule has 0 spiro atoms. The first-order valence-electron chi connectivity index (χ1n) is 5.31. The molecule has 0 aliphatic heterocycles. The lowest BCUT2D eigenvalue weighted by atomic mass is 9.98. The van der Waals surface area contributed by atoms with Crippen LogP contribution in [0.2, 0.25) is 5.02 Å². The largest absolute Gasteiger partial charge is 0.506 e. The van der Waals surface area contributed by atoms with Crippen LogP contribution < -0.4 is 0 Å². The van der Waals surface area contributed by atoms with Crippen LogP contribution in [0.4, 0.5) is 0 Å². The second-order valence-corrected chi connectivity index (χ2v) is 5.28. The summed E-state index contributed by atoms with van der Waals surface area (Å²) in [6.45, 7) is 0. The average Bonchev–Trinajstić information content (AvgIpc) is 2.83. The Labute approximate surface area is 113 Å². The number of phenolic OH excluding ortho intramolecular Hbond substituents is 1. The Morgan fingerprint density at radius 2 is 2.17 bits per heavy atom. The molecule has 94 valence electrons. The van der Waals surface area contributed by atoms with Crippen LogP contribution >= 0.6 is 22.9 Å². The molecule has 2 N–H and O–H groups in total. The van der Waals surface area contributed by atoms with Gasteiger partial charge >= 0.3 is 5.97 Å². The second-order valence-electron chi connectivity index (χ2n) is 3.90. The minimum Gasteiger partial charge on any atom is -0.506 e. The van der Waals surface area contributed by atoms with Gasteiger partial charge in [0, 0.05) is 4.88 Å². The van der Waals surface area contributed by atoms with Crippen molar-refractivity contribution < 1.29 is 15.0 Å². The number of carboxylic acid groups (broad SMARTS) is 1. The monoisotopic (exact) mass is 282 g/mol. The lowest BCUT2D eigenvalue weighted by molar-refractivity contribution is -0.138. The zero-order chi connectivity index (χ0) is 13.1. The summed E-state index contributed by atoms with van der Waals surface area (Å²) < 4.78 is 0. The maximum absolute atomic E-state index is 11.3. The van der Waals surface area contributed by atoms with Crippen LogP contribution in [0.25, 0.3) is 0 Å². The first-order chi connectivity index (χ1) is 8.58. The summed E-state index contributed by atoms with van der Waals surface area (Å²) in [6.07, 6.45) is 0.357. The van der Waals surface area contributed by atoms with Crippen molar-refractivity contribution in [3.05, 3.63) is 51.2 Å². The van der Waals surface area contributed by atoms with E-state index in [-0.39, 0.29) is 10.8 Å². The van der Waals surface area contributed by atoms with Crippen molar-refractivity contribution in [1.29, 1.82) is 0 Å². The number of aliphatic carboxylic acids is 1. The summed E-state index contributed by atoms with van der Waals surface area (Å²) in [7, 11) is 0. The SMILES string of the molecule is O=C(O)C(Cc1ccc(O)c(Cl)c1)c1cccs1. The Kier molecular flexibility index (Phi) is 3.89. The maximum atomic E-state index is 11.3. The van der Waals surface area contributed by atoms with Gasteiger partial charge in [0.15, 0.2) is 0 Å². The van der Waals surface area contributed by atoms with E-state index in [1.165, 1.54) is 17.4 Å². The molecule has 0 bridgehead atoms. The molecule has 0 saturated carbocycles. The van der Waals surface area contributed by atoms with Gasteiger partial charge in [-0.3, -0.25) is 4.79 Å². The number of benzene rings is 1. The van der Waals surface area contributed by atoms with E-state index in [2.05, 4.69) is 0 Å². The van der Waals surface area contributed by atoms with Gasteiger partial charge in [-0.1, -0.05) is 23.7 Å². The van der Waals surface area contributed by atoms with Crippen molar-refractivity contribution >= 4 is 28.9 Å². The lowest BCUT2D eigenvalue weighted by Gasteiger charge is -2.11. The summed E-state index contributed by atoms with van der Waals surface area (Å²) in [4.78, 5) is 12.1. The van der Waals surface area contributed by atoms with Gasteiger partial charge in [0.05, 0.1) is 10.9 Å². The Balaban J connectivity index is 2.24. The number of thiophene rings is 1. The highest BCUT2D eigenvalue weighted by atomic mass is 35.5. The average molecular weight is 283 g/mol. The van der Waals surface area contributed by atoms with E-state index in [9.17, 15) is 15.0 Å². The van der Waals surface area contributed by atoms with Gasteiger partial charge < -0.3 is 10.2 Å². The van der Waals surface area contributed by atoms with Crippen molar-refractivity contribution in [2.45, 2.75) is 12.3 Å². The molecule has 1 aromatic carbocycles. The zero-order valence-electron chi connectivity index (χ0n) is 9.34. The first-order valence-corrected chi connectivity index (χ1v) is 6.57. The van der Waals surface area contributed by atoms with E-state index in [0.717, 1.165) is 10.4 Å². The Bertz CT molecular complexity index is 551. The van der Waals surface area contributed by atoms with E-state index in [1.54, 1.807) is 12.1 Å². The van der Waals surface area contributed by atoms with Crippen molar-refractivity contribution in [1.82, 2.24) is 0 Å². The van der Waals surface area contributed by atoms with Crippen LogP contribution in [0.15, 0.2) is 35.7 Å². The Morgan fingerprint density at radius 3 is 2.72 bits per heavy atom. The van der Waals surface area contributed by atoms with Gasteiger partial charge in [0.1, 0.15) is 5.75 Å². The summed E-state index contributed by atoms with van der Waals surface area (Å²) in [5, 5.41) is 20.7. The fraction of sp³-hybridized carbons (Fsp3) is 0.154. The predicted octanol–water partition coefficient (Wildman–Crippen LogP) is 3.52. The number of hydrogen-bond donors (Lipinski definition) is 2. The van der Waals surface area contributed by atoms with Crippen molar-refractivity contribution in [3.63, 3.8) is 0 Å². The molecule has 1 atom stereocenters. The molecule has 0 amide bonds. The number of carboxylic acids is 1. The van der Waals surface area contributed by atoms with Gasteiger partial charge in [0.25, 0.3) is 0 Å². The third-order valence-corrected chi connectivity index (χ3v) is 3.93. The minimum absolute atomic E-state index is 0.00316. The Morgan fingerprint density at radius 1 is 1.39 bits per heavy atom. The molecular weight excluding hydrogens is 272 g/mol. The number of halogens is 1. The summed E-state index contributed by atoms with van der Waals surface area (Å²) in [5.74, 6) is -1.43. The number of hydrogen-bond acceptors (Lipinski definition) is 3. The van der Waals surface area contributed by atoms with E-state index in [1.807, 2.05) is 17.5 Å². The molecular formula is C13H11ClO3S. The molecule has 1 unspecified atom stereocenters. The van der Waals surface area contributed by atoms with Crippen LogP contribution in [-0.4, -0.2) is 16.2 Å². The van der Waals surface area contributed by atoms with E-state index >= 15 is 0 Å². The quantitative estimate of drug-likeness (QED) is 0.902. The second kappa shape index (κ2) is 5.42. The number of carbonyl (C=O) groups is 1. The zero-order valence-corrected chi connectivity index (χ0v) is 10.9. The first kappa shape index (κ1) is 12.9. The smallest absolute Gasteiger partial charge is 0.312 e. The fourth-order valence-electron chi connectivity index (χ4n) is 1.71. The number of rotatable bonds is 4. The highest BCUT2D eigenvalue weighted by Crippen LogP contribution is 2.29. The molecule has 18 heavy (non-hydrogen) atoms. The highest BCUT2D eigenvalue weighted by molar-refractivity contribution is 7.10. The van der Waals surface area contributed by atoms with Gasteiger partial charge in [0.2, 0.25) is 0 Å². The van der Waals surface area contributed by atoms with E-state index in [0.29, 0.717) is 6.42 Å². The number of aromatic hydroxyl groups is 1. The summed E-state index contributed by atoms with van der Waals surface area (Å²) >= 11 is 7.23. The molecule has 0 aliphatic rings. The van der Waals surface area contributed by atoms with Crippen LogP contribution in [0.5, 0.6) is 5.75 Å². The maximum Gasteiger partial charge on any atom is 0.312 e. The van der Waals surface area contributed by atoms with E-state index in [4.69, 9.17) is 11.6 Å². The topological polar surface area (TPSA) is 57.5 Å². The molecule has 2 rings (SSSR count). The van der Waals surface area contributed by atoms with Gasteiger partial charge in [-0.2, -0.15) is 0 Å². The normalized spacial score (nSPS) is 12.3. The van der Waals surface area contributed by atoms with Crippen LogP contribution in [0.3, 0.4) is 0 Å². The molecule has 0 fully saturated rings. The van der Waals surface area contributed by atoms with Crippen LogP contribution in [-0.2, 0) is 11.2 Å². The third kappa shape index (κ3) is 2.83. The molecule has 2 aromatic rings. The van der Waals surface area contributed by atoms with Crippen molar-refractivity contribution in [2.75, 3.05) is 0 Å². The standard InChI is InChI=1S/C13H11ClO3S/c14-10-7-8(3-4-11(10)15)6-9(13(16)17)12-2-1-5-18-12/h1-5,7,9,15H,6H2,(H,16,17). The van der Waals surface area contributed by atoms with E-state index < -0.39 is 11.9 Å². The molecule has 0 saturated heterocycles. The van der Waals surface area contributed by atoms with Crippen LogP contribution in [0, 0.1) is 0 Å². The van der Waals surface area contributed by atoms with Crippen LogP contribution in [0.1, 0.15) is 16.4 Å². The Hall–Kier alpha value is -1.52. The molecule has 0 aliphatic carbocycles. The highest BCUT2D eigenvalue weighted by Gasteiger charge is 2.21. The molecule has 1 heterocycles. The summed E-state index contributed by atoms with van der Waals surface area (Å²) in [6, 6.07) is 8.40. The predicted molar refractivity (Wildman–Crippen MR) is 71.5 cm³/mol. The van der Waals surface area contributed by atoms with Crippen molar-refractivity contribution in [3.8, 4) is 5.75 Å². The third-order valence-electron chi connectivity index (χ3n) is 2.64.